The Morgan fingerprint density at radius 1 is 1.33 bits per heavy atom. The monoisotopic (exact) mass is 251 g/mol. The fraction of sp³-hybridized carbons (Fsp3) is 0.571. The number of ether oxygens (including phenoxy) is 1. The first-order valence-corrected chi connectivity index (χ1v) is 6.53. The van der Waals surface area contributed by atoms with Crippen LogP contribution in [0.5, 0.6) is 5.75 Å². The Morgan fingerprint density at radius 3 is 3.00 bits per heavy atom. The molecule has 18 heavy (non-hydrogen) atoms. The highest BCUT2D eigenvalue weighted by Gasteiger charge is 2.12. The third kappa shape index (κ3) is 3.45. The van der Waals surface area contributed by atoms with Crippen LogP contribution in [0.15, 0.2) is 18.2 Å². The number of hydrogen-bond acceptors (Lipinski definition) is 4. The quantitative estimate of drug-likeness (QED) is 0.660. The van der Waals surface area contributed by atoms with Gasteiger partial charge in [0.15, 0.2) is 0 Å². The third-order valence-electron chi connectivity index (χ3n) is 3.30. The minimum absolute atomic E-state index is 0.00670. The highest BCUT2D eigenvalue weighted by molar-refractivity contribution is 5.39. The summed E-state index contributed by atoms with van der Waals surface area (Å²) in [4.78, 5) is 0. The van der Waals surface area contributed by atoms with Gasteiger partial charge in [-0.25, -0.2) is 0 Å². The van der Waals surface area contributed by atoms with E-state index in [1.165, 1.54) is 11.1 Å². The van der Waals surface area contributed by atoms with Crippen molar-refractivity contribution in [2.45, 2.75) is 25.3 Å². The molecule has 1 aromatic rings. The Balaban J connectivity index is 1.79. The SMILES string of the molecule is OCCC(CO)NCCc1ccc2c(c1)CCO2. The number of rotatable bonds is 7. The molecule has 0 spiro atoms. The predicted molar refractivity (Wildman–Crippen MR) is 69.9 cm³/mol. The zero-order valence-electron chi connectivity index (χ0n) is 10.6. The van der Waals surface area contributed by atoms with Crippen molar-refractivity contribution < 1.29 is 14.9 Å². The molecule has 0 fully saturated rings. The fourth-order valence-corrected chi connectivity index (χ4v) is 2.23. The molecule has 0 bridgehead atoms. The van der Waals surface area contributed by atoms with Crippen LogP contribution in [0.2, 0.25) is 0 Å². The van der Waals surface area contributed by atoms with Gasteiger partial charge >= 0.3 is 0 Å². The molecule has 100 valence electrons. The van der Waals surface area contributed by atoms with Gasteiger partial charge in [-0.3, -0.25) is 0 Å². The van der Waals surface area contributed by atoms with Crippen LogP contribution in [-0.4, -0.2) is 42.6 Å². The standard InChI is InChI=1S/C14H21NO3/c16-7-4-13(10-17)15-6-3-11-1-2-14-12(9-11)5-8-18-14/h1-2,9,13,15-17H,3-8,10H2. The second-order valence-electron chi connectivity index (χ2n) is 4.64. The van der Waals surface area contributed by atoms with E-state index in [1.807, 2.05) is 6.07 Å². The van der Waals surface area contributed by atoms with Gasteiger partial charge in [0.25, 0.3) is 0 Å². The molecule has 1 heterocycles. The van der Waals surface area contributed by atoms with Crippen molar-refractivity contribution >= 4 is 0 Å². The van der Waals surface area contributed by atoms with Crippen LogP contribution in [-0.2, 0) is 12.8 Å². The molecule has 1 aliphatic heterocycles. The van der Waals surface area contributed by atoms with E-state index in [-0.39, 0.29) is 19.3 Å². The minimum Gasteiger partial charge on any atom is -0.493 e. The molecule has 0 aliphatic carbocycles. The molecule has 1 aliphatic rings. The lowest BCUT2D eigenvalue weighted by atomic mass is 10.1. The van der Waals surface area contributed by atoms with Crippen LogP contribution in [0.4, 0.5) is 0 Å². The van der Waals surface area contributed by atoms with Gasteiger partial charge in [0.1, 0.15) is 5.75 Å². The van der Waals surface area contributed by atoms with Crippen LogP contribution < -0.4 is 10.1 Å². The molecule has 1 aromatic carbocycles. The summed E-state index contributed by atoms with van der Waals surface area (Å²) >= 11 is 0. The van der Waals surface area contributed by atoms with Gasteiger partial charge in [-0.2, -0.15) is 0 Å². The average Bonchev–Trinajstić information content (AvgIpc) is 2.85. The van der Waals surface area contributed by atoms with Gasteiger partial charge in [-0.15, -0.1) is 0 Å². The van der Waals surface area contributed by atoms with E-state index in [1.54, 1.807) is 0 Å². The van der Waals surface area contributed by atoms with E-state index in [9.17, 15) is 0 Å². The lowest BCUT2D eigenvalue weighted by Crippen LogP contribution is -2.34. The van der Waals surface area contributed by atoms with Crippen molar-refractivity contribution in [3.8, 4) is 5.75 Å². The van der Waals surface area contributed by atoms with Crippen molar-refractivity contribution in [3.63, 3.8) is 0 Å². The highest BCUT2D eigenvalue weighted by atomic mass is 16.5. The molecule has 1 unspecified atom stereocenters. The topological polar surface area (TPSA) is 61.7 Å². The predicted octanol–water partition coefficient (Wildman–Crippen LogP) is 0.497. The van der Waals surface area contributed by atoms with E-state index in [0.717, 1.165) is 31.7 Å². The second-order valence-corrected chi connectivity index (χ2v) is 4.64. The van der Waals surface area contributed by atoms with Gasteiger partial charge in [0.2, 0.25) is 0 Å². The summed E-state index contributed by atoms with van der Waals surface area (Å²) in [5, 5.41) is 21.2. The first kappa shape index (κ1) is 13.3. The van der Waals surface area contributed by atoms with Crippen LogP contribution in [0.1, 0.15) is 17.5 Å². The summed E-state index contributed by atoms with van der Waals surface area (Å²) in [5.41, 5.74) is 2.58. The Morgan fingerprint density at radius 2 is 2.22 bits per heavy atom. The number of fused-ring (bicyclic) bond motifs is 1. The van der Waals surface area contributed by atoms with Gasteiger partial charge in [0, 0.05) is 19.1 Å². The first-order valence-electron chi connectivity index (χ1n) is 6.53. The van der Waals surface area contributed by atoms with Gasteiger partial charge in [0.05, 0.1) is 13.2 Å². The molecule has 0 aromatic heterocycles. The van der Waals surface area contributed by atoms with E-state index >= 15 is 0 Å². The number of benzene rings is 1. The van der Waals surface area contributed by atoms with Crippen LogP contribution in [0.25, 0.3) is 0 Å². The molecule has 0 saturated heterocycles. The highest BCUT2D eigenvalue weighted by Crippen LogP contribution is 2.25. The fourth-order valence-electron chi connectivity index (χ4n) is 2.23. The van der Waals surface area contributed by atoms with E-state index in [0.29, 0.717) is 6.42 Å². The van der Waals surface area contributed by atoms with Crippen LogP contribution in [0.3, 0.4) is 0 Å². The lowest BCUT2D eigenvalue weighted by molar-refractivity contribution is 0.201. The van der Waals surface area contributed by atoms with E-state index in [4.69, 9.17) is 14.9 Å². The smallest absolute Gasteiger partial charge is 0.122 e. The van der Waals surface area contributed by atoms with Gasteiger partial charge < -0.3 is 20.3 Å². The van der Waals surface area contributed by atoms with Crippen LogP contribution in [0, 0.1) is 0 Å². The van der Waals surface area contributed by atoms with Gasteiger partial charge in [-0.05, 0) is 36.6 Å². The molecule has 3 N–H and O–H groups in total. The summed E-state index contributed by atoms with van der Waals surface area (Å²) in [7, 11) is 0. The zero-order valence-corrected chi connectivity index (χ0v) is 10.6. The van der Waals surface area contributed by atoms with Gasteiger partial charge in [-0.1, -0.05) is 12.1 Å². The summed E-state index contributed by atoms with van der Waals surface area (Å²) in [5.74, 6) is 1.01. The maximum absolute atomic E-state index is 9.09. The van der Waals surface area contributed by atoms with Crippen molar-refractivity contribution in [2.24, 2.45) is 0 Å². The molecule has 1 atom stereocenters. The average molecular weight is 251 g/mol. The minimum atomic E-state index is -0.00670. The summed E-state index contributed by atoms with van der Waals surface area (Å²) < 4.78 is 5.47. The molecule has 4 nitrogen and oxygen atoms in total. The second kappa shape index (κ2) is 6.73. The Kier molecular flexibility index (Phi) is 4.99. The third-order valence-corrected chi connectivity index (χ3v) is 3.30. The van der Waals surface area contributed by atoms with E-state index in [2.05, 4.69) is 17.4 Å². The van der Waals surface area contributed by atoms with Crippen molar-refractivity contribution in [3.05, 3.63) is 29.3 Å². The molecular formula is C14H21NO3. The normalized spacial score (nSPS) is 15.2. The maximum Gasteiger partial charge on any atom is 0.122 e. The number of nitrogens with one attached hydrogen (secondary N) is 1. The number of aliphatic hydroxyl groups is 2. The largest absolute Gasteiger partial charge is 0.493 e. The first-order chi connectivity index (χ1) is 8.83. The van der Waals surface area contributed by atoms with Crippen molar-refractivity contribution in [1.29, 1.82) is 0 Å². The summed E-state index contributed by atoms with van der Waals surface area (Å²) in [6, 6.07) is 6.32. The summed E-state index contributed by atoms with van der Waals surface area (Å²) in [6.45, 7) is 1.78. The van der Waals surface area contributed by atoms with Crippen molar-refractivity contribution in [2.75, 3.05) is 26.4 Å². The molecular weight excluding hydrogens is 230 g/mol. The Bertz CT molecular complexity index is 381. The Labute approximate surface area is 108 Å². The number of hydrogen-bond donors (Lipinski definition) is 3. The molecule has 0 saturated carbocycles. The lowest BCUT2D eigenvalue weighted by Gasteiger charge is -2.14. The molecule has 0 radical (unpaired) electrons. The molecule has 0 amide bonds. The molecule has 4 heteroatoms. The van der Waals surface area contributed by atoms with Crippen molar-refractivity contribution in [1.82, 2.24) is 5.32 Å². The number of aliphatic hydroxyl groups excluding tert-OH is 2. The maximum atomic E-state index is 9.09. The zero-order chi connectivity index (χ0) is 12.8. The van der Waals surface area contributed by atoms with Crippen LogP contribution >= 0.6 is 0 Å². The summed E-state index contributed by atoms with van der Waals surface area (Å²) in [6.07, 6.45) is 2.52. The van der Waals surface area contributed by atoms with E-state index < -0.39 is 0 Å². The molecule has 2 rings (SSSR count). The Hall–Kier alpha value is -1.10.